The first-order valence-electron chi connectivity index (χ1n) is 11.1. The first kappa shape index (κ1) is 18.3. The lowest BCUT2D eigenvalue weighted by atomic mass is 9.42. The molecule has 25 heavy (non-hydrogen) atoms. The molecule has 4 fully saturated rings. The molecule has 0 radical (unpaired) electrons. The monoisotopic (exact) mass is 348 g/mol. The maximum atomic E-state index is 10.7. The van der Waals surface area contributed by atoms with E-state index >= 15 is 0 Å². The van der Waals surface area contributed by atoms with Gasteiger partial charge in [0.15, 0.2) is 0 Å². The number of fused-ring (bicyclic) bond motifs is 5. The summed E-state index contributed by atoms with van der Waals surface area (Å²) < 4.78 is 0. The minimum atomic E-state index is -0.426. The largest absolute Gasteiger partial charge is 0.393 e. The minimum Gasteiger partial charge on any atom is -0.393 e. The van der Waals surface area contributed by atoms with E-state index in [-0.39, 0.29) is 6.10 Å². The molecule has 9 atom stereocenters. The van der Waals surface area contributed by atoms with Gasteiger partial charge in [0.25, 0.3) is 0 Å². The first-order chi connectivity index (χ1) is 11.7. The molecule has 4 saturated carbocycles. The fourth-order valence-electron chi connectivity index (χ4n) is 8.78. The summed E-state index contributed by atoms with van der Waals surface area (Å²) >= 11 is 0. The van der Waals surface area contributed by atoms with Crippen molar-refractivity contribution in [3.63, 3.8) is 0 Å². The zero-order valence-electron chi connectivity index (χ0n) is 16.9. The van der Waals surface area contributed by atoms with Crippen molar-refractivity contribution in [2.75, 3.05) is 0 Å². The highest BCUT2D eigenvalue weighted by molar-refractivity contribution is 5.11. The third kappa shape index (κ3) is 2.57. The van der Waals surface area contributed by atoms with Gasteiger partial charge in [-0.3, -0.25) is 0 Å². The van der Waals surface area contributed by atoms with Gasteiger partial charge in [0.2, 0.25) is 0 Å². The Morgan fingerprint density at radius 2 is 1.72 bits per heavy atom. The molecular weight excluding hydrogens is 308 g/mol. The van der Waals surface area contributed by atoms with E-state index in [9.17, 15) is 10.2 Å². The minimum absolute atomic E-state index is 0.146. The second-order valence-electron chi connectivity index (χ2n) is 10.9. The Labute approximate surface area is 154 Å². The van der Waals surface area contributed by atoms with Crippen LogP contribution in [0.25, 0.3) is 0 Å². The van der Waals surface area contributed by atoms with Gasteiger partial charge in [-0.15, -0.1) is 0 Å². The van der Waals surface area contributed by atoms with Gasteiger partial charge in [0.05, 0.1) is 11.7 Å². The molecule has 0 aromatic heterocycles. The van der Waals surface area contributed by atoms with E-state index in [1.165, 1.54) is 51.4 Å². The molecule has 0 aromatic rings. The highest BCUT2D eigenvalue weighted by Gasteiger charge is 2.62. The maximum Gasteiger partial charge on any atom is 0.0622 e. The normalized spacial score (nSPS) is 56.6. The molecule has 4 aliphatic rings. The average Bonchev–Trinajstić information content (AvgIpc) is 2.91. The Kier molecular flexibility index (Phi) is 4.36. The van der Waals surface area contributed by atoms with Crippen LogP contribution >= 0.6 is 0 Å². The van der Waals surface area contributed by atoms with Crippen molar-refractivity contribution < 1.29 is 10.2 Å². The molecule has 2 unspecified atom stereocenters. The fraction of sp³-hybridized carbons (Fsp3) is 1.00. The summed E-state index contributed by atoms with van der Waals surface area (Å²) in [5.74, 6) is 3.83. The summed E-state index contributed by atoms with van der Waals surface area (Å²) in [6.45, 7) is 9.03. The van der Waals surface area contributed by atoms with Gasteiger partial charge < -0.3 is 10.2 Å². The SMILES string of the molecule is CC[C@]12CCC(C)(O)C[C@H]1CC[C@H]1[C@@H]3CC[C@H](C(C)O)[C@@]3(C)CC[C@@H]12. The molecule has 0 aliphatic heterocycles. The quantitative estimate of drug-likeness (QED) is 0.723. The average molecular weight is 349 g/mol. The Hall–Kier alpha value is -0.0800. The molecule has 0 heterocycles. The number of rotatable bonds is 2. The molecule has 4 rings (SSSR count). The Morgan fingerprint density at radius 1 is 0.960 bits per heavy atom. The van der Waals surface area contributed by atoms with Crippen LogP contribution in [0.5, 0.6) is 0 Å². The van der Waals surface area contributed by atoms with Gasteiger partial charge in [0.1, 0.15) is 0 Å². The molecule has 4 aliphatic carbocycles. The fourth-order valence-corrected chi connectivity index (χ4v) is 8.78. The second-order valence-corrected chi connectivity index (χ2v) is 10.9. The first-order valence-corrected chi connectivity index (χ1v) is 11.1. The molecular formula is C23H40O2. The molecule has 0 aromatic carbocycles. The summed E-state index contributed by atoms with van der Waals surface area (Å²) in [5, 5.41) is 21.0. The van der Waals surface area contributed by atoms with Crippen molar-refractivity contribution in [3.05, 3.63) is 0 Å². The number of aliphatic hydroxyl groups is 2. The van der Waals surface area contributed by atoms with Crippen LogP contribution in [0.15, 0.2) is 0 Å². The van der Waals surface area contributed by atoms with Crippen LogP contribution in [0.1, 0.15) is 91.9 Å². The molecule has 0 bridgehead atoms. The van der Waals surface area contributed by atoms with Crippen molar-refractivity contribution in [1.82, 2.24) is 0 Å². The third-order valence-electron chi connectivity index (χ3n) is 9.97. The van der Waals surface area contributed by atoms with Gasteiger partial charge in [-0.25, -0.2) is 0 Å². The van der Waals surface area contributed by atoms with Crippen LogP contribution in [0, 0.1) is 40.4 Å². The van der Waals surface area contributed by atoms with Crippen molar-refractivity contribution >= 4 is 0 Å². The number of hydrogen-bond acceptors (Lipinski definition) is 2. The van der Waals surface area contributed by atoms with E-state index < -0.39 is 5.60 Å². The van der Waals surface area contributed by atoms with Crippen LogP contribution in [-0.2, 0) is 0 Å². The summed E-state index contributed by atoms with van der Waals surface area (Å²) in [6.07, 6.45) is 12.4. The van der Waals surface area contributed by atoms with Gasteiger partial charge >= 0.3 is 0 Å². The van der Waals surface area contributed by atoms with E-state index in [2.05, 4.69) is 20.8 Å². The predicted octanol–water partition coefficient (Wildman–Crippen LogP) is 5.17. The van der Waals surface area contributed by atoms with E-state index in [1.54, 1.807) is 0 Å². The zero-order chi connectivity index (χ0) is 18.0. The smallest absolute Gasteiger partial charge is 0.0622 e. The standard InChI is InChI=1S/C23H40O2/c1-5-23-13-12-21(3,25)14-16(23)6-7-17-19-9-8-18(15(2)24)22(19,4)11-10-20(17)23/h15-20,24-25H,5-14H2,1-4H3/t15?,16-,17+,18-,19+,20+,21?,22-,23+/m1/s1. The summed E-state index contributed by atoms with van der Waals surface area (Å²) in [6, 6.07) is 0. The predicted molar refractivity (Wildman–Crippen MR) is 102 cm³/mol. The van der Waals surface area contributed by atoms with Crippen LogP contribution in [0.2, 0.25) is 0 Å². The molecule has 2 heteroatoms. The molecule has 144 valence electrons. The third-order valence-corrected chi connectivity index (χ3v) is 9.97. The molecule has 0 amide bonds. The second kappa shape index (κ2) is 5.96. The summed E-state index contributed by atoms with van der Waals surface area (Å²) in [5.41, 5.74) is 0.441. The van der Waals surface area contributed by atoms with Crippen molar-refractivity contribution in [3.8, 4) is 0 Å². The van der Waals surface area contributed by atoms with E-state index in [0.717, 1.165) is 36.5 Å². The lowest BCUT2D eigenvalue weighted by molar-refractivity contribution is -0.158. The van der Waals surface area contributed by atoms with Gasteiger partial charge in [-0.1, -0.05) is 13.8 Å². The van der Waals surface area contributed by atoms with E-state index in [1.807, 2.05) is 6.92 Å². The highest BCUT2D eigenvalue weighted by atomic mass is 16.3. The van der Waals surface area contributed by atoms with Crippen molar-refractivity contribution in [2.24, 2.45) is 40.4 Å². The molecule has 2 nitrogen and oxygen atoms in total. The zero-order valence-corrected chi connectivity index (χ0v) is 16.9. The van der Waals surface area contributed by atoms with Crippen molar-refractivity contribution in [2.45, 2.75) is 104 Å². The lowest BCUT2D eigenvalue weighted by Crippen LogP contribution is -2.56. The van der Waals surface area contributed by atoms with Crippen LogP contribution < -0.4 is 0 Å². The Bertz CT molecular complexity index is 512. The van der Waals surface area contributed by atoms with Gasteiger partial charge in [-0.05, 0) is 118 Å². The topological polar surface area (TPSA) is 40.5 Å². The van der Waals surface area contributed by atoms with Gasteiger partial charge in [0, 0.05) is 0 Å². The molecule has 0 spiro atoms. The Balaban J connectivity index is 1.63. The van der Waals surface area contributed by atoms with Crippen LogP contribution in [0.3, 0.4) is 0 Å². The Morgan fingerprint density at radius 3 is 2.40 bits per heavy atom. The van der Waals surface area contributed by atoms with Gasteiger partial charge in [-0.2, -0.15) is 0 Å². The lowest BCUT2D eigenvalue weighted by Gasteiger charge is -2.63. The van der Waals surface area contributed by atoms with Crippen molar-refractivity contribution in [1.29, 1.82) is 0 Å². The summed E-state index contributed by atoms with van der Waals surface area (Å²) in [7, 11) is 0. The summed E-state index contributed by atoms with van der Waals surface area (Å²) in [4.78, 5) is 0. The molecule has 0 saturated heterocycles. The maximum absolute atomic E-state index is 10.7. The van der Waals surface area contributed by atoms with Crippen LogP contribution in [0.4, 0.5) is 0 Å². The number of hydrogen-bond donors (Lipinski definition) is 2. The van der Waals surface area contributed by atoms with Crippen LogP contribution in [-0.4, -0.2) is 21.9 Å². The number of aliphatic hydroxyl groups excluding tert-OH is 1. The molecule has 2 N–H and O–H groups in total. The van der Waals surface area contributed by atoms with E-state index in [4.69, 9.17) is 0 Å². The highest BCUT2D eigenvalue weighted by Crippen LogP contribution is 2.69. The van der Waals surface area contributed by atoms with E-state index in [0.29, 0.717) is 16.7 Å².